The molecule has 2 rings (SSSR count). The maximum absolute atomic E-state index is 13.4. The predicted molar refractivity (Wildman–Crippen MR) is 71.9 cm³/mol. The summed E-state index contributed by atoms with van der Waals surface area (Å²) in [4.78, 5) is 22.5. The van der Waals surface area contributed by atoms with Crippen LogP contribution in [0.1, 0.15) is 25.7 Å². The third-order valence-electron chi connectivity index (χ3n) is 3.76. The van der Waals surface area contributed by atoms with Gasteiger partial charge in [-0.05, 0) is 30.4 Å². The molecule has 0 aliphatic heterocycles. The van der Waals surface area contributed by atoms with Crippen molar-refractivity contribution < 1.29 is 23.5 Å². The lowest BCUT2D eigenvalue weighted by molar-refractivity contribution is -0.141. The third-order valence-corrected chi connectivity index (χ3v) is 3.76. The van der Waals surface area contributed by atoms with Crippen molar-refractivity contribution in [3.63, 3.8) is 0 Å². The minimum atomic E-state index is -1.13. The molecule has 0 saturated heterocycles. The van der Waals surface area contributed by atoms with Crippen LogP contribution in [0.3, 0.4) is 0 Å². The number of aliphatic carboxylic acids is 1. The molecule has 0 radical (unpaired) electrons. The number of halogens is 2. The van der Waals surface area contributed by atoms with Crippen LogP contribution in [-0.2, 0) is 4.79 Å². The van der Waals surface area contributed by atoms with Gasteiger partial charge in [0.15, 0.2) is 11.6 Å². The summed E-state index contributed by atoms with van der Waals surface area (Å²) >= 11 is 0. The molecule has 0 atom stereocenters. The third kappa shape index (κ3) is 3.68. The molecular formula is C14H16F2N2O3. The Morgan fingerprint density at radius 3 is 2.57 bits per heavy atom. The molecule has 1 aromatic rings. The summed E-state index contributed by atoms with van der Waals surface area (Å²) in [5, 5.41) is 13.6. The molecule has 3 N–H and O–H groups in total. The van der Waals surface area contributed by atoms with E-state index in [0.29, 0.717) is 0 Å². The predicted octanol–water partition coefficient (Wildman–Crippen LogP) is 2.73. The second-order valence-corrected chi connectivity index (χ2v) is 5.33. The van der Waals surface area contributed by atoms with Crippen LogP contribution in [0.4, 0.5) is 19.3 Å². The lowest BCUT2D eigenvalue weighted by Gasteiger charge is -2.40. The van der Waals surface area contributed by atoms with Gasteiger partial charge >= 0.3 is 12.0 Å². The Balaban J connectivity index is 1.90. The smallest absolute Gasteiger partial charge is 0.319 e. The van der Waals surface area contributed by atoms with Crippen molar-refractivity contribution in [3.05, 3.63) is 29.8 Å². The lowest BCUT2D eigenvalue weighted by atomic mass is 9.66. The van der Waals surface area contributed by atoms with E-state index in [0.717, 1.165) is 25.3 Å². The first kappa shape index (κ1) is 15.2. The summed E-state index contributed by atoms with van der Waals surface area (Å²) in [6, 6.07) is 2.80. The fourth-order valence-corrected chi connectivity index (χ4v) is 2.45. The highest BCUT2D eigenvalue weighted by Crippen LogP contribution is 2.43. The lowest BCUT2D eigenvalue weighted by Crippen LogP contribution is -2.44. The Hall–Kier alpha value is -2.18. The Morgan fingerprint density at radius 2 is 2.00 bits per heavy atom. The van der Waals surface area contributed by atoms with E-state index in [-0.39, 0.29) is 18.7 Å². The second-order valence-electron chi connectivity index (χ2n) is 5.33. The molecule has 0 bridgehead atoms. The van der Waals surface area contributed by atoms with E-state index >= 15 is 0 Å². The molecule has 1 aliphatic carbocycles. The van der Waals surface area contributed by atoms with E-state index < -0.39 is 29.0 Å². The average molecular weight is 298 g/mol. The number of amides is 2. The zero-order valence-electron chi connectivity index (χ0n) is 11.3. The Labute approximate surface area is 120 Å². The van der Waals surface area contributed by atoms with Gasteiger partial charge in [-0.25, -0.2) is 13.6 Å². The first-order valence-electron chi connectivity index (χ1n) is 6.63. The number of nitrogens with one attached hydrogen (secondary N) is 2. The highest BCUT2D eigenvalue weighted by molar-refractivity contribution is 5.89. The van der Waals surface area contributed by atoms with Crippen molar-refractivity contribution in [1.29, 1.82) is 0 Å². The second kappa shape index (κ2) is 6.07. The number of urea groups is 1. The fourth-order valence-electron chi connectivity index (χ4n) is 2.45. The van der Waals surface area contributed by atoms with Crippen molar-refractivity contribution in [2.75, 3.05) is 11.9 Å². The van der Waals surface area contributed by atoms with Crippen molar-refractivity contribution in [3.8, 4) is 0 Å². The first-order valence-corrected chi connectivity index (χ1v) is 6.63. The van der Waals surface area contributed by atoms with Gasteiger partial charge in [0, 0.05) is 6.54 Å². The van der Waals surface area contributed by atoms with Crippen molar-refractivity contribution in [2.45, 2.75) is 25.7 Å². The number of anilines is 1. The van der Waals surface area contributed by atoms with E-state index in [4.69, 9.17) is 5.11 Å². The number of carboxylic acid groups (broad SMARTS) is 1. The molecule has 1 aliphatic rings. The van der Waals surface area contributed by atoms with Gasteiger partial charge in [-0.15, -0.1) is 0 Å². The molecule has 0 spiro atoms. The molecule has 21 heavy (non-hydrogen) atoms. The molecule has 0 aromatic heterocycles. The van der Waals surface area contributed by atoms with Crippen molar-refractivity contribution in [1.82, 2.24) is 5.32 Å². The van der Waals surface area contributed by atoms with Crippen LogP contribution in [0.25, 0.3) is 0 Å². The SMILES string of the molecule is O=C(O)CC1(CNC(=O)Nc2cccc(F)c2F)CCC1. The van der Waals surface area contributed by atoms with Crippen LogP contribution in [0, 0.1) is 17.0 Å². The van der Waals surface area contributed by atoms with Gasteiger partial charge in [0.25, 0.3) is 0 Å². The molecule has 1 aromatic carbocycles. The molecule has 1 fully saturated rings. The van der Waals surface area contributed by atoms with Crippen LogP contribution in [-0.4, -0.2) is 23.7 Å². The zero-order valence-corrected chi connectivity index (χ0v) is 11.3. The molecule has 5 nitrogen and oxygen atoms in total. The molecule has 0 heterocycles. The molecule has 0 unspecified atom stereocenters. The standard InChI is InChI=1S/C14H16F2N2O3/c15-9-3-1-4-10(12(9)16)18-13(21)17-8-14(5-2-6-14)7-11(19)20/h1,3-4H,2,5-8H2,(H,19,20)(H2,17,18,21). The quantitative estimate of drug-likeness (QED) is 0.782. The van der Waals surface area contributed by atoms with Gasteiger partial charge in [0.2, 0.25) is 0 Å². The van der Waals surface area contributed by atoms with E-state index in [1.807, 2.05) is 0 Å². The maximum Gasteiger partial charge on any atom is 0.319 e. The van der Waals surface area contributed by atoms with Crippen molar-refractivity contribution in [2.24, 2.45) is 5.41 Å². The van der Waals surface area contributed by atoms with E-state index in [9.17, 15) is 18.4 Å². The molecule has 7 heteroatoms. The highest BCUT2D eigenvalue weighted by atomic mass is 19.2. The Morgan fingerprint density at radius 1 is 1.29 bits per heavy atom. The molecule has 1 saturated carbocycles. The summed E-state index contributed by atoms with van der Waals surface area (Å²) < 4.78 is 26.4. The monoisotopic (exact) mass is 298 g/mol. The number of rotatable bonds is 5. The minimum absolute atomic E-state index is 0.0123. The molecule has 2 amide bonds. The normalized spacial score (nSPS) is 15.9. The number of hydrogen-bond donors (Lipinski definition) is 3. The van der Waals surface area contributed by atoms with Gasteiger partial charge in [-0.1, -0.05) is 12.5 Å². The summed E-state index contributed by atoms with van der Waals surface area (Å²) in [7, 11) is 0. The van der Waals surface area contributed by atoms with E-state index in [2.05, 4.69) is 10.6 Å². The topological polar surface area (TPSA) is 78.4 Å². The van der Waals surface area contributed by atoms with E-state index in [1.54, 1.807) is 0 Å². The summed E-state index contributed by atoms with van der Waals surface area (Å²) in [5.41, 5.74) is -0.683. The number of carbonyl (C=O) groups excluding carboxylic acids is 1. The van der Waals surface area contributed by atoms with Crippen molar-refractivity contribution >= 4 is 17.7 Å². The fraction of sp³-hybridized carbons (Fsp3) is 0.429. The maximum atomic E-state index is 13.4. The number of benzene rings is 1. The van der Waals surface area contributed by atoms with Gasteiger partial charge in [-0.3, -0.25) is 4.79 Å². The number of carboxylic acids is 1. The van der Waals surface area contributed by atoms with Crippen LogP contribution < -0.4 is 10.6 Å². The van der Waals surface area contributed by atoms with Crippen LogP contribution in [0.15, 0.2) is 18.2 Å². The Kier molecular flexibility index (Phi) is 4.40. The summed E-state index contributed by atoms with van der Waals surface area (Å²) in [6.45, 7) is 0.196. The van der Waals surface area contributed by atoms with Gasteiger partial charge in [-0.2, -0.15) is 0 Å². The number of carbonyl (C=O) groups is 2. The van der Waals surface area contributed by atoms with E-state index in [1.165, 1.54) is 12.1 Å². The van der Waals surface area contributed by atoms with Crippen LogP contribution in [0.2, 0.25) is 0 Å². The molecular weight excluding hydrogens is 282 g/mol. The van der Waals surface area contributed by atoms with Gasteiger partial charge in [0.1, 0.15) is 0 Å². The Bertz CT molecular complexity index is 559. The van der Waals surface area contributed by atoms with Crippen LogP contribution >= 0.6 is 0 Å². The molecule has 114 valence electrons. The zero-order chi connectivity index (χ0) is 15.5. The summed E-state index contributed by atoms with van der Waals surface area (Å²) in [6.07, 6.45) is 2.37. The largest absolute Gasteiger partial charge is 0.481 e. The minimum Gasteiger partial charge on any atom is -0.481 e. The van der Waals surface area contributed by atoms with Gasteiger partial charge < -0.3 is 15.7 Å². The number of hydrogen-bond acceptors (Lipinski definition) is 2. The summed E-state index contributed by atoms with van der Waals surface area (Å²) in [5.74, 6) is -3.08. The average Bonchev–Trinajstić information content (AvgIpc) is 2.37. The van der Waals surface area contributed by atoms with Crippen LogP contribution in [0.5, 0.6) is 0 Å². The highest BCUT2D eigenvalue weighted by Gasteiger charge is 2.39. The van der Waals surface area contributed by atoms with Gasteiger partial charge in [0.05, 0.1) is 12.1 Å². The first-order chi connectivity index (χ1) is 9.92.